The van der Waals surface area contributed by atoms with Gasteiger partial charge in [-0.25, -0.2) is 5.43 Å². The lowest BCUT2D eigenvalue weighted by Crippen LogP contribution is -2.00. The highest BCUT2D eigenvalue weighted by Crippen LogP contribution is 2.13. The van der Waals surface area contributed by atoms with Crippen LogP contribution in [-0.4, -0.2) is 18.9 Å². The summed E-state index contributed by atoms with van der Waals surface area (Å²) in [5.74, 6) is 0. The summed E-state index contributed by atoms with van der Waals surface area (Å²) >= 11 is 1.69. The van der Waals surface area contributed by atoms with Gasteiger partial charge >= 0.3 is 0 Å². The fourth-order valence-electron chi connectivity index (χ4n) is 0.832. The molecule has 0 fully saturated rings. The quantitative estimate of drug-likeness (QED) is 0.341. The van der Waals surface area contributed by atoms with E-state index in [0.717, 1.165) is 5.56 Å². The van der Waals surface area contributed by atoms with Gasteiger partial charge in [-0.2, -0.15) is 5.10 Å². The van der Waals surface area contributed by atoms with Gasteiger partial charge < -0.3 is 0 Å². The molecule has 0 saturated carbocycles. The van der Waals surface area contributed by atoms with E-state index in [2.05, 4.69) is 10.5 Å². The molecule has 4 heteroatoms. The van der Waals surface area contributed by atoms with Gasteiger partial charge in [-0.3, -0.25) is 4.79 Å². The predicted octanol–water partition coefficient (Wildman–Crippen LogP) is 1.49. The van der Waals surface area contributed by atoms with Crippen molar-refractivity contribution in [2.45, 2.75) is 4.90 Å². The molecule has 0 aliphatic rings. The van der Waals surface area contributed by atoms with Crippen LogP contribution in [0.1, 0.15) is 5.56 Å². The number of nitrogens with zero attached hydrogens (tertiary/aromatic N) is 1. The highest BCUT2D eigenvalue weighted by molar-refractivity contribution is 7.98. The lowest BCUT2D eigenvalue weighted by Gasteiger charge is -1.95. The monoisotopic (exact) mass is 194 g/mol. The summed E-state index contributed by atoms with van der Waals surface area (Å²) in [7, 11) is 0. The Hall–Kier alpha value is -1.29. The maximum atomic E-state index is 9.87. The largest absolute Gasteiger partial charge is 0.277 e. The lowest BCUT2D eigenvalue weighted by atomic mass is 10.2. The van der Waals surface area contributed by atoms with Crippen LogP contribution in [0.2, 0.25) is 0 Å². The second-order valence-corrected chi connectivity index (χ2v) is 3.16. The highest BCUT2D eigenvalue weighted by atomic mass is 32.2. The molecule has 0 unspecified atom stereocenters. The van der Waals surface area contributed by atoms with Crippen LogP contribution in [0.5, 0.6) is 0 Å². The summed E-state index contributed by atoms with van der Waals surface area (Å²) in [6.07, 6.45) is 4.16. The van der Waals surface area contributed by atoms with Crippen molar-refractivity contribution in [1.82, 2.24) is 5.43 Å². The molecule has 0 heterocycles. The van der Waals surface area contributed by atoms with E-state index in [9.17, 15) is 4.79 Å². The van der Waals surface area contributed by atoms with Gasteiger partial charge in [0, 0.05) is 4.90 Å². The summed E-state index contributed by atoms with van der Waals surface area (Å²) in [6, 6.07) is 7.91. The fraction of sp³-hybridized carbons (Fsp3) is 0.111. The van der Waals surface area contributed by atoms with Gasteiger partial charge in [0.25, 0.3) is 0 Å². The fourth-order valence-corrected chi connectivity index (χ4v) is 1.24. The molecule has 1 aromatic rings. The number of rotatable bonds is 4. The average molecular weight is 194 g/mol. The van der Waals surface area contributed by atoms with Gasteiger partial charge in [-0.05, 0) is 24.0 Å². The van der Waals surface area contributed by atoms with Gasteiger partial charge in [0.15, 0.2) is 0 Å². The molecule has 1 aromatic carbocycles. The third-order valence-electron chi connectivity index (χ3n) is 1.46. The standard InChI is InChI=1S/C9H10N2OS/c1-13-9-4-2-8(3-5-9)6-10-11-7-12/h2-7H,1H3,(H,11,12)/b10-6-. The first-order valence-electron chi connectivity index (χ1n) is 3.73. The van der Waals surface area contributed by atoms with Crippen molar-refractivity contribution in [3.05, 3.63) is 29.8 Å². The van der Waals surface area contributed by atoms with E-state index in [1.807, 2.05) is 30.5 Å². The van der Waals surface area contributed by atoms with E-state index in [4.69, 9.17) is 0 Å². The number of carbonyl (C=O) groups is 1. The van der Waals surface area contributed by atoms with Crippen LogP contribution in [0.25, 0.3) is 0 Å². The van der Waals surface area contributed by atoms with E-state index >= 15 is 0 Å². The summed E-state index contributed by atoms with van der Waals surface area (Å²) < 4.78 is 0. The average Bonchev–Trinajstić information content (AvgIpc) is 2.19. The van der Waals surface area contributed by atoms with Gasteiger partial charge in [0.2, 0.25) is 6.41 Å². The molecular formula is C9H10N2OS. The Kier molecular flexibility index (Phi) is 4.05. The number of carbonyl (C=O) groups excluding carboxylic acids is 1. The zero-order valence-corrected chi connectivity index (χ0v) is 8.04. The normalized spacial score (nSPS) is 10.2. The summed E-state index contributed by atoms with van der Waals surface area (Å²) in [4.78, 5) is 11.1. The van der Waals surface area contributed by atoms with E-state index in [1.165, 1.54) is 4.90 Å². The summed E-state index contributed by atoms with van der Waals surface area (Å²) in [5, 5.41) is 3.67. The van der Waals surface area contributed by atoms with Gasteiger partial charge in [0.1, 0.15) is 0 Å². The van der Waals surface area contributed by atoms with Crippen LogP contribution in [0.3, 0.4) is 0 Å². The van der Waals surface area contributed by atoms with Crippen molar-refractivity contribution >= 4 is 24.4 Å². The first-order valence-corrected chi connectivity index (χ1v) is 4.95. The molecule has 0 atom stereocenters. The molecule has 0 radical (unpaired) electrons. The molecule has 0 bridgehead atoms. The van der Waals surface area contributed by atoms with E-state index in [-0.39, 0.29) is 0 Å². The van der Waals surface area contributed by atoms with Crippen LogP contribution < -0.4 is 5.43 Å². The van der Waals surface area contributed by atoms with Crippen LogP contribution in [0, 0.1) is 0 Å². The number of thioether (sulfide) groups is 1. The highest BCUT2D eigenvalue weighted by Gasteiger charge is 1.89. The Morgan fingerprint density at radius 1 is 1.38 bits per heavy atom. The molecule has 13 heavy (non-hydrogen) atoms. The zero-order valence-electron chi connectivity index (χ0n) is 7.23. The van der Waals surface area contributed by atoms with E-state index < -0.39 is 0 Å². The second-order valence-electron chi connectivity index (χ2n) is 2.28. The van der Waals surface area contributed by atoms with Crippen molar-refractivity contribution in [2.75, 3.05) is 6.26 Å². The zero-order chi connectivity index (χ0) is 9.52. The molecule has 0 spiro atoms. The Labute approximate surface area is 81.2 Å². The van der Waals surface area contributed by atoms with Crippen molar-refractivity contribution in [2.24, 2.45) is 5.10 Å². The van der Waals surface area contributed by atoms with Crippen molar-refractivity contribution < 1.29 is 4.79 Å². The molecule has 1 rings (SSSR count). The van der Waals surface area contributed by atoms with Crippen LogP contribution in [-0.2, 0) is 4.79 Å². The Bertz CT molecular complexity index is 295. The first kappa shape index (κ1) is 9.80. The second kappa shape index (κ2) is 5.37. The van der Waals surface area contributed by atoms with Gasteiger partial charge in [-0.15, -0.1) is 11.8 Å². The van der Waals surface area contributed by atoms with Crippen molar-refractivity contribution in [3.8, 4) is 0 Å². The smallest absolute Gasteiger partial charge is 0.227 e. The third kappa shape index (κ3) is 3.29. The number of amides is 1. The Morgan fingerprint density at radius 3 is 2.62 bits per heavy atom. The van der Waals surface area contributed by atoms with Crippen molar-refractivity contribution in [1.29, 1.82) is 0 Å². The van der Waals surface area contributed by atoms with Crippen molar-refractivity contribution in [3.63, 3.8) is 0 Å². The third-order valence-corrected chi connectivity index (χ3v) is 2.20. The molecule has 1 amide bonds. The summed E-state index contributed by atoms with van der Waals surface area (Å²) in [5.41, 5.74) is 3.17. The number of nitrogens with one attached hydrogen (secondary N) is 1. The van der Waals surface area contributed by atoms with E-state index in [1.54, 1.807) is 18.0 Å². The molecule has 0 aliphatic carbocycles. The number of hydrazone groups is 1. The maximum absolute atomic E-state index is 9.87. The minimum absolute atomic E-state index is 0.534. The minimum atomic E-state index is 0.534. The predicted molar refractivity (Wildman–Crippen MR) is 55.0 cm³/mol. The Balaban J connectivity index is 2.63. The first-order chi connectivity index (χ1) is 6.36. The number of hydrogen-bond donors (Lipinski definition) is 1. The molecule has 0 saturated heterocycles. The molecule has 3 nitrogen and oxygen atoms in total. The molecular weight excluding hydrogens is 184 g/mol. The van der Waals surface area contributed by atoms with Crippen LogP contribution >= 0.6 is 11.8 Å². The lowest BCUT2D eigenvalue weighted by molar-refractivity contribution is -0.109. The number of benzene rings is 1. The molecule has 0 aliphatic heterocycles. The maximum Gasteiger partial charge on any atom is 0.227 e. The van der Waals surface area contributed by atoms with Crippen LogP contribution in [0.4, 0.5) is 0 Å². The molecule has 1 N–H and O–H groups in total. The topological polar surface area (TPSA) is 41.5 Å². The van der Waals surface area contributed by atoms with Gasteiger partial charge in [0.05, 0.1) is 6.21 Å². The van der Waals surface area contributed by atoms with Crippen LogP contribution in [0.15, 0.2) is 34.3 Å². The number of hydrogen-bond acceptors (Lipinski definition) is 3. The van der Waals surface area contributed by atoms with E-state index in [0.29, 0.717) is 6.41 Å². The molecule has 0 aromatic heterocycles. The minimum Gasteiger partial charge on any atom is -0.277 e. The SMILES string of the molecule is CSc1ccc(/C=N\NC=O)cc1. The molecule has 68 valence electrons. The Morgan fingerprint density at radius 2 is 2.08 bits per heavy atom. The van der Waals surface area contributed by atoms with Gasteiger partial charge in [-0.1, -0.05) is 12.1 Å². The summed E-state index contributed by atoms with van der Waals surface area (Å²) in [6.45, 7) is 0.